The van der Waals surface area contributed by atoms with Crippen LogP contribution in [0, 0.1) is 0 Å². The van der Waals surface area contributed by atoms with Gasteiger partial charge < -0.3 is 20.3 Å². The van der Waals surface area contributed by atoms with Crippen LogP contribution in [-0.4, -0.2) is 11.1 Å². The van der Waals surface area contributed by atoms with E-state index in [9.17, 15) is 9.90 Å². The van der Waals surface area contributed by atoms with Gasteiger partial charge in [-0.1, -0.05) is 39.0 Å². The Morgan fingerprint density at radius 1 is 1.07 bits per heavy atom. The maximum atomic E-state index is 12.1. The van der Waals surface area contributed by atoms with E-state index in [1.54, 1.807) is 24.3 Å². The highest BCUT2D eigenvalue weighted by molar-refractivity contribution is 6.09. The average Bonchev–Trinajstić information content (AvgIpc) is 2.61. The molecule has 3 aromatic rings. The van der Waals surface area contributed by atoms with Crippen molar-refractivity contribution in [3.05, 3.63) is 65.2 Å². The summed E-state index contributed by atoms with van der Waals surface area (Å²) >= 11 is 0. The molecule has 1 heterocycles. The summed E-state index contributed by atoms with van der Waals surface area (Å²) < 4.78 is 11.1. The Labute approximate surface area is 157 Å². The number of aliphatic hydroxyl groups is 1. The normalized spacial score (nSPS) is 16.3. The van der Waals surface area contributed by atoms with E-state index >= 15 is 0 Å². The first-order chi connectivity index (χ1) is 12.8. The number of ether oxygens (including phenoxy) is 2. The van der Waals surface area contributed by atoms with Crippen molar-refractivity contribution in [3.8, 4) is 11.5 Å². The molecule has 5 nitrogen and oxygen atoms in total. The van der Waals surface area contributed by atoms with Crippen LogP contribution in [0.25, 0.3) is 10.8 Å². The Hall–Kier alpha value is -2.89. The number of carbonyl (C=O) groups is 1. The molecule has 0 saturated carbocycles. The highest BCUT2D eigenvalue weighted by atomic mass is 16.6. The average molecular weight is 364 g/mol. The second kappa shape index (κ2) is 6.08. The molecule has 0 spiro atoms. The lowest BCUT2D eigenvalue weighted by Crippen LogP contribution is -2.40. The van der Waals surface area contributed by atoms with Crippen LogP contribution in [0.4, 0.5) is 5.69 Å². The predicted octanol–water partition coefficient (Wildman–Crippen LogP) is 3.96. The van der Waals surface area contributed by atoms with Crippen molar-refractivity contribution in [2.75, 3.05) is 0 Å². The van der Waals surface area contributed by atoms with Crippen LogP contribution >= 0.6 is 0 Å². The van der Waals surface area contributed by atoms with E-state index in [0.717, 1.165) is 11.1 Å². The maximum Gasteiger partial charge on any atom is 0.341 e. The number of aliphatic hydroxyl groups excluding tert-OH is 1. The molecule has 1 atom stereocenters. The van der Waals surface area contributed by atoms with Gasteiger partial charge in [0.15, 0.2) is 11.4 Å². The lowest BCUT2D eigenvalue weighted by Gasteiger charge is -2.23. The third kappa shape index (κ3) is 2.95. The maximum absolute atomic E-state index is 12.1. The summed E-state index contributed by atoms with van der Waals surface area (Å²) in [5.74, 6) is 0.721. The first kappa shape index (κ1) is 17.5. The Kier molecular flexibility index (Phi) is 3.94. The molecule has 4 rings (SSSR count). The number of carbonyl (C=O) groups excluding carboxylic acids is 1. The Morgan fingerprint density at radius 3 is 2.52 bits per heavy atom. The molecule has 27 heavy (non-hydrogen) atoms. The zero-order valence-corrected chi connectivity index (χ0v) is 15.6. The molecule has 0 bridgehead atoms. The van der Waals surface area contributed by atoms with Crippen molar-refractivity contribution >= 4 is 22.4 Å². The van der Waals surface area contributed by atoms with E-state index in [1.807, 2.05) is 24.3 Å². The number of cyclic esters (lactones) is 1. The van der Waals surface area contributed by atoms with Crippen LogP contribution in [0.15, 0.2) is 48.5 Å². The molecule has 138 valence electrons. The van der Waals surface area contributed by atoms with Gasteiger partial charge in [-0.2, -0.15) is 0 Å². The summed E-state index contributed by atoms with van der Waals surface area (Å²) in [6.45, 7) is 6.46. The van der Waals surface area contributed by atoms with Crippen molar-refractivity contribution in [3.63, 3.8) is 0 Å². The number of hydrogen-bond donors (Lipinski definition) is 2. The van der Waals surface area contributed by atoms with E-state index in [1.165, 1.54) is 5.56 Å². The van der Waals surface area contributed by atoms with Gasteiger partial charge in [-0.25, -0.2) is 4.79 Å². The van der Waals surface area contributed by atoms with Crippen molar-refractivity contribution in [2.24, 2.45) is 0 Å². The third-order valence-corrected chi connectivity index (χ3v) is 4.88. The van der Waals surface area contributed by atoms with Gasteiger partial charge in [0.2, 0.25) is 6.29 Å². The van der Waals surface area contributed by atoms with Gasteiger partial charge in [0, 0.05) is 22.4 Å². The van der Waals surface area contributed by atoms with Crippen molar-refractivity contribution in [1.29, 1.82) is 0 Å². The van der Waals surface area contributed by atoms with Crippen LogP contribution < -0.4 is 10.5 Å². The van der Waals surface area contributed by atoms with Crippen molar-refractivity contribution in [2.45, 2.75) is 32.5 Å². The van der Waals surface area contributed by atoms with E-state index in [4.69, 9.17) is 9.47 Å². The van der Waals surface area contributed by atoms with E-state index in [-0.39, 0.29) is 5.41 Å². The van der Waals surface area contributed by atoms with Gasteiger partial charge in [-0.15, -0.1) is 0 Å². The molecule has 3 aromatic carbocycles. The molecular weight excluding hydrogens is 342 g/mol. The van der Waals surface area contributed by atoms with Gasteiger partial charge in [0.1, 0.15) is 5.75 Å². The molecular formula is C22H22NO4+. The largest absolute Gasteiger partial charge is 0.450 e. The van der Waals surface area contributed by atoms with Crippen molar-refractivity contribution < 1.29 is 25.1 Å². The summed E-state index contributed by atoms with van der Waals surface area (Å²) in [6, 6.07) is 14.8. The van der Waals surface area contributed by atoms with Gasteiger partial charge in [-0.3, -0.25) is 0 Å². The summed E-state index contributed by atoms with van der Waals surface area (Å²) in [4.78, 5) is 12.1. The van der Waals surface area contributed by atoms with Crippen molar-refractivity contribution in [1.82, 2.24) is 0 Å². The molecule has 1 unspecified atom stereocenters. The van der Waals surface area contributed by atoms with Crippen LogP contribution in [0.3, 0.4) is 0 Å². The predicted molar refractivity (Wildman–Crippen MR) is 102 cm³/mol. The lowest BCUT2D eigenvalue weighted by atomic mass is 9.87. The van der Waals surface area contributed by atoms with E-state index < -0.39 is 12.3 Å². The molecule has 5 heteroatoms. The molecule has 0 radical (unpaired) electrons. The quantitative estimate of drug-likeness (QED) is 0.674. The molecule has 1 aliphatic heterocycles. The lowest BCUT2D eigenvalue weighted by molar-refractivity contribution is -0.256. The van der Waals surface area contributed by atoms with Crippen LogP contribution in [0.1, 0.15) is 48.5 Å². The number of hydrogen-bond acceptors (Lipinski definition) is 4. The smallest absolute Gasteiger partial charge is 0.341 e. The molecule has 0 aliphatic carbocycles. The summed E-state index contributed by atoms with van der Waals surface area (Å²) in [5, 5.41) is 11.5. The zero-order chi connectivity index (χ0) is 19.3. The Balaban J connectivity index is 1.81. The van der Waals surface area contributed by atoms with Crippen LogP contribution in [-0.2, 0) is 10.2 Å². The highest BCUT2D eigenvalue weighted by Gasteiger charge is 2.28. The SMILES string of the molecule is CC(C)(C)c1ccc(Oc2ccc3c4c(cccc24)C(=O)OC3O)c([NH3+])c1. The molecule has 0 saturated heterocycles. The number of esters is 1. The Bertz CT molecular complexity index is 1070. The topological polar surface area (TPSA) is 83.4 Å². The second-order valence-electron chi connectivity index (χ2n) is 7.81. The third-order valence-electron chi connectivity index (χ3n) is 4.88. The summed E-state index contributed by atoms with van der Waals surface area (Å²) in [5.41, 5.74) is 7.11. The van der Waals surface area contributed by atoms with Gasteiger partial charge in [-0.05, 0) is 35.2 Å². The minimum Gasteiger partial charge on any atom is -0.450 e. The fraction of sp³-hybridized carbons (Fsp3) is 0.227. The van der Waals surface area contributed by atoms with Crippen LogP contribution in [0.5, 0.6) is 11.5 Å². The van der Waals surface area contributed by atoms with E-state index in [2.05, 4.69) is 26.5 Å². The number of rotatable bonds is 2. The number of quaternary nitrogens is 1. The molecule has 0 aromatic heterocycles. The standard InChI is InChI=1S/C22H21NO4/c1-22(2,3)12-7-9-18(16(23)11-12)26-17-10-8-15-19-13(17)5-4-6-14(19)20(24)27-21(15)25/h4-11,21,25H,23H2,1-3H3/p+1. The monoisotopic (exact) mass is 364 g/mol. The zero-order valence-electron chi connectivity index (χ0n) is 15.6. The van der Waals surface area contributed by atoms with E-state index in [0.29, 0.717) is 28.0 Å². The van der Waals surface area contributed by atoms with Gasteiger partial charge >= 0.3 is 5.97 Å². The molecule has 4 N–H and O–H groups in total. The molecule has 0 fully saturated rings. The first-order valence-corrected chi connectivity index (χ1v) is 8.85. The molecule has 1 aliphatic rings. The number of benzene rings is 3. The van der Waals surface area contributed by atoms with Gasteiger partial charge in [0.25, 0.3) is 0 Å². The fourth-order valence-corrected chi connectivity index (χ4v) is 3.36. The summed E-state index contributed by atoms with van der Waals surface area (Å²) in [7, 11) is 0. The minimum absolute atomic E-state index is 0.0295. The molecule has 0 amide bonds. The van der Waals surface area contributed by atoms with Gasteiger partial charge in [0.05, 0.1) is 5.56 Å². The second-order valence-corrected chi connectivity index (χ2v) is 7.81. The van der Waals surface area contributed by atoms with Crippen LogP contribution in [0.2, 0.25) is 0 Å². The first-order valence-electron chi connectivity index (χ1n) is 8.85. The highest BCUT2D eigenvalue weighted by Crippen LogP contribution is 2.40. The Morgan fingerprint density at radius 2 is 1.81 bits per heavy atom. The summed E-state index contributed by atoms with van der Waals surface area (Å²) in [6.07, 6.45) is -1.27. The minimum atomic E-state index is -1.27. The fourth-order valence-electron chi connectivity index (χ4n) is 3.36.